The number of anilines is 2. The van der Waals surface area contributed by atoms with E-state index in [4.69, 9.17) is 4.74 Å². The SMILES string of the molecule is CCN(c1cccc(C(F)(F)F)c1)C(C)OC(=O)Nc1ccccc1. The highest BCUT2D eigenvalue weighted by Gasteiger charge is 2.31. The molecule has 0 fully saturated rings. The van der Waals surface area contributed by atoms with Gasteiger partial charge in [0.05, 0.1) is 5.56 Å². The summed E-state index contributed by atoms with van der Waals surface area (Å²) in [6.07, 6.45) is -5.84. The number of halogens is 3. The number of nitrogens with zero attached hydrogens (tertiary/aromatic N) is 1. The second-order valence-corrected chi connectivity index (χ2v) is 5.33. The second-order valence-electron chi connectivity index (χ2n) is 5.33. The summed E-state index contributed by atoms with van der Waals surface area (Å²) in [5, 5.41) is 2.57. The summed E-state index contributed by atoms with van der Waals surface area (Å²) in [7, 11) is 0. The zero-order valence-electron chi connectivity index (χ0n) is 13.9. The Balaban J connectivity index is 2.08. The molecule has 1 N–H and O–H groups in total. The van der Waals surface area contributed by atoms with Gasteiger partial charge >= 0.3 is 12.3 Å². The molecule has 0 spiro atoms. The molecule has 0 aliphatic rings. The van der Waals surface area contributed by atoms with Crippen LogP contribution in [-0.4, -0.2) is 18.9 Å². The van der Waals surface area contributed by atoms with E-state index in [-0.39, 0.29) is 0 Å². The Morgan fingerprint density at radius 1 is 1.16 bits per heavy atom. The van der Waals surface area contributed by atoms with Crippen molar-refractivity contribution in [1.82, 2.24) is 0 Å². The number of nitrogens with one attached hydrogen (secondary N) is 1. The van der Waals surface area contributed by atoms with Crippen molar-refractivity contribution in [3.63, 3.8) is 0 Å². The average molecular weight is 352 g/mol. The predicted octanol–water partition coefficient (Wildman–Crippen LogP) is 5.13. The van der Waals surface area contributed by atoms with E-state index in [9.17, 15) is 18.0 Å². The van der Waals surface area contributed by atoms with Crippen molar-refractivity contribution in [3.05, 3.63) is 60.2 Å². The van der Waals surface area contributed by atoms with Gasteiger partial charge in [-0.25, -0.2) is 4.79 Å². The van der Waals surface area contributed by atoms with Crippen molar-refractivity contribution in [2.24, 2.45) is 0 Å². The predicted molar refractivity (Wildman–Crippen MR) is 90.5 cm³/mol. The Hall–Kier alpha value is -2.70. The summed E-state index contributed by atoms with van der Waals surface area (Å²) in [4.78, 5) is 13.5. The number of amides is 1. The minimum absolute atomic E-state index is 0.331. The van der Waals surface area contributed by atoms with E-state index in [1.807, 2.05) is 6.07 Å². The minimum atomic E-state index is -4.43. The molecule has 4 nitrogen and oxygen atoms in total. The van der Waals surface area contributed by atoms with Gasteiger partial charge in [-0.05, 0) is 44.2 Å². The monoisotopic (exact) mass is 352 g/mol. The highest BCUT2D eigenvalue weighted by atomic mass is 19.4. The molecular formula is C18H19F3N2O2. The standard InChI is InChI=1S/C18H19F3N2O2/c1-3-23(16-11-7-8-14(12-16)18(19,20)21)13(2)25-17(24)22-15-9-5-4-6-10-15/h4-13H,3H2,1-2H3,(H,22,24). The van der Waals surface area contributed by atoms with Crippen molar-refractivity contribution in [1.29, 1.82) is 0 Å². The summed E-state index contributed by atoms with van der Waals surface area (Å²) in [6.45, 7) is 3.75. The first-order valence-corrected chi connectivity index (χ1v) is 7.78. The molecule has 25 heavy (non-hydrogen) atoms. The number of hydrogen-bond donors (Lipinski definition) is 1. The first kappa shape index (κ1) is 18.6. The largest absolute Gasteiger partial charge is 0.425 e. The Labute approximate surface area is 144 Å². The number of para-hydroxylation sites is 1. The molecule has 0 radical (unpaired) electrons. The van der Waals surface area contributed by atoms with Gasteiger partial charge in [0.2, 0.25) is 0 Å². The van der Waals surface area contributed by atoms with E-state index in [0.717, 1.165) is 12.1 Å². The molecule has 1 amide bonds. The van der Waals surface area contributed by atoms with Crippen LogP contribution in [0.4, 0.5) is 29.3 Å². The molecule has 0 heterocycles. The van der Waals surface area contributed by atoms with Crippen LogP contribution in [0.3, 0.4) is 0 Å². The zero-order valence-corrected chi connectivity index (χ0v) is 13.9. The van der Waals surface area contributed by atoms with Gasteiger partial charge in [0, 0.05) is 17.9 Å². The first-order valence-electron chi connectivity index (χ1n) is 7.78. The molecule has 1 unspecified atom stereocenters. The number of benzene rings is 2. The lowest BCUT2D eigenvalue weighted by Gasteiger charge is -2.30. The summed E-state index contributed by atoms with van der Waals surface area (Å²) in [5.41, 5.74) is 0.156. The van der Waals surface area contributed by atoms with E-state index in [1.165, 1.54) is 6.07 Å². The maximum Gasteiger partial charge on any atom is 0.416 e. The minimum Gasteiger partial charge on any atom is -0.425 e. The summed E-state index contributed by atoms with van der Waals surface area (Å²) in [6, 6.07) is 13.7. The highest BCUT2D eigenvalue weighted by molar-refractivity contribution is 5.84. The van der Waals surface area contributed by atoms with Crippen LogP contribution in [0, 0.1) is 0 Å². The fourth-order valence-corrected chi connectivity index (χ4v) is 2.40. The maximum atomic E-state index is 12.9. The molecule has 0 aliphatic heterocycles. The molecule has 7 heteroatoms. The second kappa shape index (κ2) is 7.92. The van der Waals surface area contributed by atoms with Gasteiger partial charge < -0.3 is 9.64 Å². The smallest absolute Gasteiger partial charge is 0.416 e. The molecule has 0 saturated carbocycles. The van der Waals surface area contributed by atoms with Crippen LogP contribution in [0.25, 0.3) is 0 Å². The van der Waals surface area contributed by atoms with Gasteiger partial charge in [0.1, 0.15) is 0 Å². The fourth-order valence-electron chi connectivity index (χ4n) is 2.40. The van der Waals surface area contributed by atoms with Crippen LogP contribution in [0.15, 0.2) is 54.6 Å². The first-order chi connectivity index (χ1) is 11.8. The number of ether oxygens (including phenoxy) is 1. The van der Waals surface area contributed by atoms with Gasteiger partial charge in [-0.2, -0.15) is 13.2 Å². The number of alkyl halides is 3. The molecule has 2 rings (SSSR count). The Morgan fingerprint density at radius 3 is 2.44 bits per heavy atom. The van der Waals surface area contributed by atoms with E-state index >= 15 is 0 Å². The maximum absolute atomic E-state index is 12.9. The highest BCUT2D eigenvalue weighted by Crippen LogP contribution is 2.32. The summed E-state index contributed by atoms with van der Waals surface area (Å²) in [5.74, 6) is 0. The van der Waals surface area contributed by atoms with Gasteiger partial charge in [-0.15, -0.1) is 0 Å². The average Bonchev–Trinajstić information content (AvgIpc) is 2.56. The summed E-state index contributed by atoms with van der Waals surface area (Å²) < 4.78 is 43.9. The molecule has 2 aromatic carbocycles. The third-order valence-electron chi connectivity index (χ3n) is 3.58. The molecule has 0 bridgehead atoms. The van der Waals surface area contributed by atoms with Crippen molar-refractivity contribution in [2.45, 2.75) is 26.3 Å². The summed E-state index contributed by atoms with van der Waals surface area (Å²) >= 11 is 0. The van der Waals surface area contributed by atoms with Crippen LogP contribution in [-0.2, 0) is 10.9 Å². The van der Waals surface area contributed by atoms with E-state index in [0.29, 0.717) is 17.9 Å². The topological polar surface area (TPSA) is 41.6 Å². The van der Waals surface area contributed by atoms with Gasteiger partial charge in [0.25, 0.3) is 0 Å². The quantitative estimate of drug-likeness (QED) is 0.759. The van der Waals surface area contributed by atoms with Gasteiger partial charge in [0.15, 0.2) is 6.23 Å². The van der Waals surface area contributed by atoms with Gasteiger partial charge in [-0.1, -0.05) is 24.3 Å². The third kappa shape index (κ3) is 5.14. The zero-order chi connectivity index (χ0) is 18.4. The molecule has 0 aromatic heterocycles. The Kier molecular flexibility index (Phi) is 5.90. The van der Waals surface area contributed by atoms with Crippen molar-refractivity contribution >= 4 is 17.5 Å². The molecule has 0 aliphatic carbocycles. The molecule has 0 saturated heterocycles. The van der Waals surface area contributed by atoms with E-state index in [2.05, 4.69) is 5.32 Å². The van der Waals surface area contributed by atoms with E-state index < -0.39 is 24.1 Å². The normalized spacial score (nSPS) is 12.4. The van der Waals surface area contributed by atoms with E-state index in [1.54, 1.807) is 49.1 Å². The van der Waals surface area contributed by atoms with Crippen molar-refractivity contribution in [2.75, 3.05) is 16.8 Å². The molecular weight excluding hydrogens is 333 g/mol. The molecule has 1 atom stereocenters. The van der Waals surface area contributed by atoms with Crippen molar-refractivity contribution < 1.29 is 22.7 Å². The van der Waals surface area contributed by atoms with Crippen molar-refractivity contribution in [3.8, 4) is 0 Å². The lowest BCUT2D eigenvalue weighted by Crippen LogP contribution is -2.37. The molecule has 134 valence electrons. The van der Waals surface area contributed by atoms with Crippen LogP contribution >= 0.6 is 0 Å². The fraction of sp³-hybridized carbons (Fsp3) is 0.278. The Morgan fingerprint density at radius 2 is 1.84 bits per heavy atom. The lowest BCUT2D eigenvalue weighted by atomic mass is 10.1. The van der Waals surface area contributed by atoms with Crippen LogP contribution in [0.2, 0.25) is 0 Å². The molecule has 2 aromatic rings. The van der Waals surface area contributed by atoms with Crippen LogP contribution in [0.5, 0.6) is 0 Å². The van der Waals surface area contributed by atoms with Crippen LogP contribution < -0.4 is 10.2 Å². The number of carbonyl (C=O) groups is 1. The number of carbonyl (C=O) groups excluding carboxylic acids is 1. The number of rotatable bonds is 5. The van der Waals surface area contributed by atoms with Gasteiger partial charge in [-0.3, -0.25) is 5.32 Å². The number of hydrogen-bond acceptors (Lipinski definition) is 3. The third-order valence-corrected chi connectivity index (χ3v) is 3.58. The lowest BCUT2D eigenvalue weighted by molar-refractivity contribution is -0.137. The Bertz CT molecular complexity index is 705. The van der Waals surface area contributed by atoms with Crippen LogP contribution in [0.1, 0.15) is 19.4 Å².